The lowest BCUT2D eigenvalue weighted by atomic mass is 10.1. The maximum Gasteiger partial charge on any atom is 0.227 e. The minimum absolute atomic E-state index is 0.0795. The zero-order valence-electron chi connectivity index (χ0n) is 19.6. The molecule has 2 atom stereocenters. The zero-order valence-corrected chi connectivity index (χ0v) is 19.6. The van der Waals surface area contributed by atoms with Gasteiger partial charge in [0.15, 0.2) is 28.5 Å². The van der Waals surface area contributed by atoms with Crippen LogP contribution in [0, 0.1) is 0 Å². The minimum Gasteiger partial charge on any atom is -0.504 e. The van der Waals surface area contributed by atoms with Gasteiger partial charge in [-0.15, -0.1) is 0 Å². The maximum atomic E-state index is 10.5. The van der Waals surface area contributed by atoms with Crippen LogP contribution in [0.1, 0.15) is 31.4 Å². The highest BCUT2D eigenvalue weighted by Gasteiger charge is 2.18. The van der Waals surface area contributed by atoms with Gasteiger partial charge in [-0.05, 0) is 25.0 Å². The van der Waals surface area contributed by atoms with Gasteiger partial charge in [-0.1, -0.05) is 49.4 Å². The monoisotopic (exact) mass is 462 g/mol. The Morgan fingerprint density at radius 1 is 1.09 bits per heavy atom. The van der Waals surface area contributed by atoms with Gasteiger partial charge >= 0.3 is 0 Å². The standard InChI is InChI=1S/C25H30N6O3/c1-4-19(16(2)32)28-25-29-23(26-13-18-11-8-12-20(34-3)22(18)33)21-24(30-25)31(15-27-21)14-17-9-6-5-7-10-17/h5-12,15-16,19,32-33H,4,13-14H2,1-3H3,(H2,26,28,29,30). The Bertz CT molecular complexity index is 1240. The summed E-state index contributed by atoms with van der Waals surface area (Å²) in [6, 6.07) is 15.2. The van der Waals surface area contributed by atoms with E-state index in [4.69, 9.17) is 9.72 Å². The van der Waals surface area contributed by atoms with Gasteiger partial charge in [0.2, 0.25) is 5.95 Å². The maximum absolute atomic E-state index is 10.5. The Kier molecular flexibility index (Phi) is 7.12. The third kappa shape index (κ3) is 5.04. The molecule has 0 saturated carbocycles. The Balaban J connectivity index is 1.70. The van der Waals surface area contributed by atoms with Crippen molar-refractivity contribution in [3.8, 4) is 11.5 Å². The molecule has 0 saturated heterocycles. The topological polar surface area (TPSA) is 117 Å². The summed E-state index contributed by atoms with van der Waals surface area (Å²) in [5.41, 5.74) is 3.08. The van der Waals surface area contributed by atoms with E-state index in [0.717, 1.165) is 5.56 Å². The van der Waals surface area contributed by atoms with E-state index < -0.39 is 6.10 Å². The average Bonchev–Trinajstić information content (AvgIpc) is 3.24. The number of para-hydroxylation sites is 1. The number of aliphatic hydroxyl groups is 1. The van der Waals surface area contributed by atoms with Gasteiger partial charge < -0.3 is 30.2 Å². The van der Waals surface area contributed by atoms with Gasteiger partial charge in [-0.2, -0.15) is 9.97 Å². The third-order valence-electron chi connectivity index (χ3n) is 5.75. The molecule has 2 unspecified atom stereocenters. The van der Waals surface area contributed by atoms with Gasteiger partial charge in [-0.25, -0.2) is 4.98 Å². The number of ether oxygens (including phenoxy) is 1. The highest BCUT2D eigenvalue weighted by atomic mass is 16.5. The van der Waals surface area contributed by atoms with E-state index in [-0.39, 0.29) is 11.8 Å². The Morgan fingerprint density at radius 3 is 2.59 bits per heavy atom. The number of aliphatic hydroxyl groups excluding tert-OH is 1. The number of rotatable bonds is 10. The Labute approximate surface area is 198 Å². The number of nitrogens with one attached hydrogen (secondary N) is 2. The van der Waals surface area contributed by atoms with Gasteiger partial charge in [0.25, 0.3) is 0 Å². The van der Waals surface area contributed by atoms with E-state index >= 15 is 0 Å². The first kappa shape index (κ1) is 23.3. The van der Waals surface area contributed by atoms with E-state index in [1.165, 1.54) is 7.11 Å². The lowest BCUT2D eigenvalue weighted by Crippen LogP contribution is -2.31. The summed E-state index contributed by atoms with van der Waals surface area (Å²) in [5.74, 6) is 1.41. The second-order valence-electron chi connectivity index (χ2n) is 8.15. The Morgan fingerprint density at radius 2 is 1.88 bits per heavy atom. The smallest absolute Gasteiger partial charge is 0.227 e. The van der Waals surface area contributed by atoms with Crippen molar-refractivity contribution in [2.75, 3.05) is 17.7 Å². The van der Waals surface area contributed by atoms with Gasteiger partial charge in [0.05, 0.1) is 32.1 Å². The van der Waals surface area contributed by atoms with Crippen molar-refractivity contribution >= 4 is 22.9 Å². The molecule has 0 aliphatic carbocycles. The fourth-order valence-electron chi connectivity index (χ4n) is 3.81. The quantitative estimate of drug-likeness (QED) is 0.281. The number of aromatic hydroxyl groups is 1. The van der Waals surface area contributed by atoms with Crippen LogP contribution < -0.4 is 15.4 Å². The molecule has 0 bridgehead atoms. The minimum atomic E-state index is -0.566. The molecular formula is C25H30N6O3. The molecule has 0 aliphatic rings. The van der Waals surface area contributed by atoms with Crippen LogP contribution in [0.15, 0.2) is 54.9 Å². The molecule has 9 heteroatoms. The fourth-order valence-corrected chi connectivity index (χ4v) is 3.81. The summed E-state index contributed by atoms with van der Waals surface area (Å²) in [6.45, 7) is 4.66. The summed E-state index contributed by atoms with van der Waals surface area (Å²) in [6.07, 6.45) is 1.89. The highest BCUT2D eigenvalue weighted by Crippen LogP contribution is 2.30. The van der Waals surface area contributed by atoms with Crippen molar-refractivity contribution in [3.63, 3.8) is 0 Å². The molecular weight excluding hydrogens is 432 g/mol. The molecule has 2 aromatic carbocycles. The summed E-state index contributed by atoms with van der Waals surface area (Å²) >= 11 is 0. The number of aromatic nitrogens is 4. The van der Waals surface area contributed by atoms with Crippen molar-refractivity contribution in [2.24, 2.45) is 0 Å². The number of nitrogens with zero attached hydrogens (tertiary/aromatic N) is 4. The predicted molar refractivity (Wildman–Crippen MR) is 132 cm³/mol. The number of benzene rings is 2. The molecule has 0 aliphatic heterocycles. The van der Waals surface area contributed by atoms with Crippen LogP contribution in [-0.2, 0) is 13.1 Å². The number of imidazole rings is 1. The number of fused-ring (bicyclic) bond motifs is 1. The van der Waals surface area contributed by atoms with Crippen LogP contribution in [0.4, 0.5) is 11.8 Å². The fraction of sp³-hybridized carbons (Fsp3) is 0.320. The van der Waals surface area contributed by atoms with E-state index in [1.807, 2.05) is 41.8 Å². The molecule has 4 aromatic rings. The summed E-state index contributed by atoms with van der Waals surface area (Å²) in [7, 11) is 1.52. The van der Waals surface area contributed by atoms with Crippen molar-refractivity contribution in [1.82, 2.24) is 19.5 Å². The van der Waals surface area contributed by atoms with Crippen LogP contribution in [0.3, 0.4) is 0 Å². The first-order valence-electron chi connectivity index (χ1n) is 11.3. The summed E-state index contributed by atoms with van der Waals surface area (Å²) in [5, 5.41) is 27.1. The molecule has 0 spiro atoms. The number of hydrogen-bond acceptors (Lipinski definition) is 8. The van der Waals surface area contributed by atoms with Crippen LogP contribution in [0.5, 0.6) is 11.5 Å². The molecule has 9 nitrogen and oxygen atoms in total. The third-order valence-corrected chi connectivity index (χ3v) is 5.75. The molecule has 0 amide bonds. The lowest BCUT2D eigenvalue weighted by molar-refractivity contribution is 0.169. The Hall–Kier alpha value is -3.85. The number of anilines is 2. The molecule has 178 valence electrons. The van der Waals surface area contributed by atoms with E-state index in [2.05, 4.69) is 32.7 Å². The SMILES string of the molecule is CCC(Nc1nc(NCc2cccc(OC)c2O)c2ncn(Cc3ccccc3)c2n1)C(C)O. The van der Waals surface area contributed by atoms with Gasteiger partial charge in [0.1, 0.15) is 0 Å². The molecule has 34 heavy (non-hydrogen) atoms. The van der Waals surface area contributed by atoms with Crippen molar-refractivity contribution in [2.45, 2.75) is 45.5 Å². The number of hydrogen-bond donors (Lipinski definition) is 4. The van der Waals surface area contributed by atoms with Crippen LogP contribution in [-0.4, -0.2) is 49.0 Å². The highest BCUT2D eigenvalue weighted by molar-refractivity contribution is 5.84. The van der Waals surface area contributed by atoms with Crippen molar-refractivity contribution in [1.29, 1.82) is 0 Å². The lowest BCUT2D eigenvalue weighted by Gasteiger charge is -2.20. The number of methoxy groups -OCH3 is 1. The largest absolute Gasteiger partial charge is 0.504 e. The molecule has 2 aromatic heterocycles. The first-order valence-corrected chi connectivity index (χ1v) is 11.3. The van der Waals surface area contributed by atoms with E-state index in [1.54, 1.807) is 19.3 Å². The first-order chi connectivity index (χ1) is 16.5. The van der Waals surface area contributed by atoms with E-state index in [9.17, 15) is 10.2 Å². The molecule has 4 rings (SSSR count). The second-order valence-corrected chi connectivity index (χ2v) is 8.15. The number of phenols is 1. The normalized spacial score (nSPS) is 12.9. The predicted octanol–water partition coefficient (Wildman–Crippen LogP) is 3.77. The van der Waals surface area contributed by atoms with Crippen molar-refractivity contribution in [3.05, 3.63) is 66.0 Å². The van der Waals surface area contributed by atoms with Gasteiger partial charge in [-0.3, -0.25) is 0 Å². The van der Waals surface area contributed by atoms with Gasteiger partial charge in [0, 0.05) is 12.1 Å². The summed E-state index contributed by atoms with van der Waals surface area (Å²) < 4.78 is 7.18. The molecule has 4 N–H and O–H groups in total. The molecule has 2 heterocycles. The van der Waals surface area contributed by atoms with Crippen LogP contribution in [0.25, 0.3) is 11.2 Å². The summed E-state index contributed by atoms with van der Waals surface area (Å²) in [4.78, 5) is 13.9. The van der Waals surface area contributed by atoms with Crippen molar-refractivity contribution < 1.29 is 14.9 Å². The molecule has 0 fully saturated rings. The van der Waals surface area contributed by atoms with Crippen LogP contribution in [0.2, 0.25) is 0 Å². The zero-order chi connectivity index (χ0) is 24.1. The second kappa shape index (κ2) is 10.4. The van der Waals surface area contributed by atoms with E-state index in [0.29, 0.717) is 53.8 Å². The molecule has 0 radical (unpaired) electrons. The number of phenolic OH excluding ortho intramolecular Hbond substituents is 1. The average molecular weight is 463 g/mol. The van der Waals surface area contributed by atoms with Crippen LogP contribution >= 0.6 is 0 Å².